The summed E-state index contributed by atoms with van der Waals surface area (Å²) in [6, 6.07) is 0. The third-order valence-electron chi connectivity index (χ3n) is 3.68. The highest BCUT2D eigenvalue weighted by atomic mass is 16.7. The number of ether oxygens (including phenoxy) is 3. The van der Waals surface area contributed by atoms with Gasteiger partial charge in [0.25, 0.3) is 5.79 Å². The van der Waals surface area contributed by atoms with E-state index in [2.05, 4.69) is 0 Å². The van der Waals surface area contributed by atoms with Crippen molar-refractivity contribution in [3.8, 4) is 0 Å². The minimum absolute atomic E-state index is 0.0487. The molecule has 0 aromatic carbocycles. The molecular weight excluding hydrogens is 208 g/mol. The zero-order valence-electron chi connectivity index (χ0n) is 10.1. The Kier molecular flexibility index (Phi) is 2.69. The maximum atomic E-state index is 12.2. The van der Waals surface area contributed by atoms with Crippen molar-refractivity contribution in [3.05, 3.63) is 12.2 Å². The largest absolute Gasteiger partial charge is 0.357 e. The zero-order valence-corrected chi connectivity index (χ0v) is 10.1. The molecule has 0 radical (unpaired) electrons. The van der Waals surface area contributed by atoms with E-state index in [-0.39, 0.29) is 11.7 Å². The van der Waals surface area contributed by atoms with Gasteiger partial charge in [0.1, 0.15) is 6.10 Å². The topological polar surface area (TPSA) is 44.8 Å². The minimum atomic E-state index is -1.26. The molecule has 2 rings (SSSR count). The first-order valence-electron chi connectivity index (χ1n) is 5.51. The number of fused-ring (bicyclic) bond motifs is 2. The molecule has 0 aromatic rings. The van der Waals surface area contributed by atoms with Gasteiger partial charge in [0.2, 0.25) is 0 Å². The fourth-order valence-electron chi connectivity index (χ4n) is 2.48. The number of carbonyl (C=O) groups is 1. The van der Waals surface area contributed by atoms with Crippen LogP contribution in [0.15, 0.2) is 12.2 Å². The zero-order chi connectivity index (χ0) is 12.0. The molecule has 16 heavy (non-hydrogen) atoms. The van der Waals surface area contributed by atoms with Gasteiger partial charge < -0.3 is 14.2 Å². The van der Waals surface area contributed by atoms with E-state index in [1.54, 1.807) is 0 Å². The lowest BCUT2D eigenvalue weighted by Gasteiger charge is -2.44. The molecule has 2 heterocycles. The van der Waals surface area contributed by atoms with E-state index in [0.717, 1.165) is 0 Å². The second-order valence-corrected chi connectivity index (χ2v) is 4.68. The number of Topliss-reactive ketones (excluding diaryl/α,β-unsaturated/α-hetero) is 1. The number of hydrogen-bond donors (Lipinski definition) is 0. The standard InChI is InChI=1S/C12H18O4/c1-8(2)11-6-5-10(16-11)12(14-3,15-4)9(13)7-11/h5-6,8,10H,7H2,1-4H3. The monoisotopic (exact) mass is 226 g/mol. The number of hydrogen-bond acceptors (Lipinski definition) is 4. The lowest BCUT2D eigenvalue weighted by molar-refractivity contribution is -0.275. The Morgan fingerprint density at radius 2 is 2.06 bits per heavy atom. The van der Waals surface area contributed by atoms with E-state index >= 15 is 0 Å². The average Bonchev–Trinajstić information content (AvgIpc) is 2.62. The Morgan fingerprint density at radius 1 is 1.44 bits per heavy atom. The van der Waals surface area contributed by atoms with Gasteiger partial charge in [-0.3, -0.25) is 4.79 Å². The van der Waals surface area contributed by atoms with Crippen LogP contribution in [0.1, 0.15) is 20.3 Å². The quantitative estimate of drug-likeness (QED) is 0.537. The lowest BCUT2D eigenvalue weighted by atomic mass is 9.83. The number of ketones is 1. The van der Waals surface area contributed by atoms with Crippen molar-refractivity contribution >= 4 is 5.78 Å². The van der Waals surface area contributed by atoms with Crippen LogP contribution in [0.3, 0.4) is 0 Å². The second kappa shape index (κ2) is 3.65. The summed E-state index contributed by atoms with van der Waals surface area (Å²) >= 11 is 0. The van der Waals surface area contributed by atoms with Crippen molar-refractivity contribution in [1.29, 1.82) is 0 Å². The van der Waals surface area contributed by atoms with Crippen LogP contribution < -0.4 is 0 Å². The van der Waals surface area contributed by atoms with Gasteiger partial charge in [-0.25, -0.2) is 0 Å². The summed E-state index contributed by atoms with van der Waals surface area (Å²) in [7, 11) is 2.94. The summed E-state index contributed by atoms with van der Waals surface area (Å²) in [6.07, 6.45) is 3.71. The molecule has 0 N–H and O–H groups in total. The molecule has 1 fully saturated rings. The summed E-state index contributed by atoms with van der Waals surface area (Å²) in [5.41, 5.74) is -0.470. The minimum Gasteiger partial charge on any atom is -0.357 e. The lowest BCUT2D eigenvalue weighted by Crippen LogP contribution is -2.60. The van der Waals surface area contributed by atoms with Gasteiger partial charge in [-0.15, -0.1) is 0 Å². The fraction of sp³-hybridized carbons (Fsp3) is 0.750. The molecule has 1 saturated heterocycles. The van der Waals surface area contributed by atoms with Crippen LogP contribution in [0.4, 0.5) is 0 Å². The van der Waals surface area contributed by atoms with E-state index in [0.29, 0.717) is 6.42 Å². The van der Waals surface area contributed by atoms with Crippen LogP contribution in [0.25, 0.3) is 0 Å². The molecule has 2 unspecified atom stereocenters. The van der Waals surface area contributed by atoms with Crippen LogP contribution in [0.2, 0.25) is 0 Å². The summed E-state index contributed by atoms with van der Waals surface area (Å²) in [5, 5.41) is 0. The molecule has 0 amide bonds. The Bertz CT molecular complexity index is 330. The Morgan fingerprint density at radius 3 is 2.56 bits per heavy atom. The van der Waals surface area contributed by atoms with Crippen molar-refractivity contribution in [2.75, 3.05) is 14.2 Å². The normalized spacial score (nSPS) is 36.1. The maximum Gasteiger partial charge on any atom is 0.259 e. The highest BCUT2D eigenvalue weighted by Gasteiger charge is 2.59. The molecule has 2 aliphatic heterocycles. The first-order chi connectivity index (χ1) is 7.50. The van der Waals surface area contributed by atoms with Gasteiger partial charge in [-0.2, -0.15) is 0 Å². The third-order valence-corrected chi connectivity index (χ3v) is 3.68. The van der Waals surface area contributed by atoms with Crippen molar-refractivity contribution in [2.45, 2.75) is 37.8 Å². The second-order valence-electron chi connectivity index (χ2n) is 4.68. The van der Waals surface area contributed by atoms with Gasteiger partial charge in [0.05, 0.1) is 5.60 Å². The molecule has 2 bridgehead atoms. The SMILES string of the molecule is COC1(OC)C(=O)CC2(C(C)C)C=CC1O2. The van der Waals surface area contributed by atoms with Crippen molar-refractivity contribution < 1.29 is 19.0 Å². The molecule has 2 atom stereocenters. The van der Waals surface area contributed by atoms with Gasteiger partial charge >= 0.3 is 0 Å². The van der Waals surface area contributed by atoms with Crippen LogP contribution in [-0.2, 0) is 19.0 Å². The summed E-state index contributed by atoms with van der Waals surface area (Å²) in [6.45, 7) is 4.10. The molecular formula is C12H18O4. The number of methoxy groups -OCH3 is 2. The van der Waals surface area contributed by atoms with Gasteiger partial charge in [-0.05, 0) is 5.92 Å². The van der Waals surface area contributed by atoms with E-state index < -0.39 is 17.5 Å². The Balaban J connectivity index is 2.36. The van der Waals surface area contributed by atoms with Crippen LogP contribution in [0.5, 0.6) is 0 Å². The molecule has 90 valence electrons. The molecule has 0 aliphatic carbocycles. The van der Waals surface area contributed by atoms with Gasteiger partial charge in [0, 0.05) is 20.6 Å². The van der Waals surface area contributed by atoms with Crippen molar-refractivity contribution in [3.63, 3.8) is 0 Å². The highest BCUT2D eigenvalue weighted by molar-refractivity contribution is 5.89. The Labute approximate surface area is 95.6 Å². The van der Waals surface area contributed by atoms with Crippen LogP contribution in [-0.4, -0.2) is 37.5 Å². The fourth-order valence-corrected chi connectivity index (χ4v) is 2.48. The summed E-state index contributed by atoms with van der Waals surface area (Å²) in [4.78, 5) is 12.2. The molecule has 0 saturated carbocycles. The number of carbonyl (C=O) groups excluding carboxylic acids is 1. The molecule has 4 heteroatoms. The van der Waals surface area contributed by atoms with Crippen LogP contribution in [0, 0.1) is 5.92 Å². The van der Waals surface area contributed by atoms with E-state index in [1.165, 1.54) is 14.2 Å². The number of rotatable bonds is 3. The molecule has 2 aliphatic rings. The van der Waals surface area contributed by atoms with Gasteiger partial charge in [-0.1, -0.05) is 26.0 Å². The predicted octanol–water partition coefficient (Wildman–Crippen LogP) is 1.30. The van der Waals surface area contributed by atoms with E-state index in [9.17, 15) is 4.79 Å². The van der Waals surface area contributed by atoms with Crippen LogP contribution >= 0.6 is 0 Å². The molecule has 0 spiro atoms. The Hall–Kier alpha value is -0.710. The summed E-state index contributed by atoms with van der Waals surface area (Å²) in [5.74, 6) is -1.05. The first-order valence-corrected chi connectivity index (χ1v) is 5.51. The molecule has 0 aromatic heterocycles. The summed E-state index contributed by atoms with van der Waals surface area (Å²) < 4.78 is 16.4. The maximum absolute atomic E-state index is 12.2. The van der Waals surface area contributed by atoms with Crippen molar-refractivity contribution in [1.82, 2.24) is 0 Å². The smallest absolute Gasteiger partial charge is 0.259 e. The predicted molar refractivity (Wildman–Crippen MR) is 58.0 cm³/mol. The van der Waals surface area contributed by atoms with Crippen molar-refractivity contribution in [2.24, 2.45) is 5.92 Å². The first kappa shape index (κ1) is 11.8. The highest BCUT2D eigenvalue weighted by Crippen LogP contribution is 2.45. The van der Waals surface area contributed by atoms with Gasteiger partial charge in [0.15, 0.2) is 5.78 Å². The molecule has 4 nitrogen and oxygen atoms in total. The third kappa shape index (κ3) is 1.30. The average molecular weight is 226 g/mol. The van der Waals surface area contributed by atoms with E-state index in [4.69, 9.17) is 14.2 Å². The van der Waals surface area contributed by atoms with E-state index in [1.807, 2.05) is 26.0 Å².